The van der Waals surface area contributed by atoms with E-state index in [0.717, 1.165) is 45.8 Å². The van der Waals surface area contributed by atoms with Gasteiger partial charge in [0.25, 0.3) is 0 Å². The number of hydrogen-bond acceptors (Lipinski definition) is 3. The fourth-order valence-corrected chi connectivity index (χ4v) is 1.55. The van der Waals surface area contributed by atoms with Crippen LogP contribution in [-0.2, 0) is 9.53 Å². The van der Waals surface area contributed by atoms with Gasteiger partial charge in [-0.05, 0) is 26.0 Å². The molecule has 0 atom stereocenters. The smallest absolute Gasteiger partial charge is 0.243 e. The van der Waals surface area contributed by atoms with Crippen molar-refractivity contribution in [3.63, 3.8) is 0 Å². The molecule has 0 saturated carbocycles. The van der Waals surface area contributed by atoms with Crippen LogP contribution in [0.25, 0.3) is 0 Å². The Bertz CT molecular complexity index is 211. The lowest BCUT2D eigenvalue weighted by Crippen LogP contribution is -2.38. The molecule has 1 fully saturated rings. The van der Waals surface area contributed by atoms with Crippen molar-refractivity contribution in [3.8, 4) is 0 Å². The predicted octanol–water partition coefficient (Wildman–Crippen LogP) is 0.401. The first-order chi connectivity index (χ1) is 7.33. The highest BCUT2D eigenvalue weighted by Crippen LogP contribution is 1.97. The van der Waals surface area contributed by atoms with E-state index >= 15 is 0 Å². The topological polar surface area (TPSA) is 41.6 Å². The summed E-state index contributed by atoms with van der Waals surface area (Å²) in [4.78, 5) is 13.4. The van der Waals surface area contributed by atoms with Crippen molar-refractivity contribution in [2.45, 2.75) is 13.3 Å². The van der Waals surface area contributed by atoms with E-state index in [1.807, 2.05) is 6.92 Å². The molecule has 0 aromatic carbocycles. The van der Waals surface area contributed by atoms with Gasteiger partial charge < -0.3 is 10.1 Å². The number of carbonyl (C=O) groups is 1. The van der Waals surface area contributed by atoms with Gasteiger partial charge >= 0.3 is 0 Å². The molecule has 0 aromatic heterocycles. The van der Waals surface area contributed by atoms with Crippen LogP contribution in [0.1, 0.15) is 13.3 Å². The fraction of sp³-hybridized carbons (Fsp3) is 0.727. The molecule has 1 heterocycles. The number of rotatable bonds is 5. The van der Waals surface area contributed by atoms with E-state index in [2.05, 4.69) is 10.2 Å². The molecule has 1 aliphatic rings. The molecule has 4 heteroatoms. The highest BCUT2D eigenvalue weighted by molar-refractivity contribution is 5.87. The Labute approximate surface area is 91.3 Å². The van der Waals surface area contributed by atoms with Gasteiger partial charge in [-0.25, -0.2) is 0 Å². The minimum Gasteiger partial charge on any atom is -0.379 e. The maximum Gasteiger partial charge on any atom is 0.243 e. The molecule has 1 aliphatic heterocycles. The Morgan fingerprint density at radius 2 is 2.20 bits per heavy atom. The molecule has 0 aliphatic carbocycles. The van der Waals surface area contributed by atoms with E-state index in [-0.39, 0.29) is 5.91 Å². The summed E-state index contributed by atoms with van der Waals surface area (Å²) in [5, 5.41) is 2.84. The molecule has 0 bridgehead atoms. The van der Waals surface area contributed by atoms with Gasteiger partial charge in [0, 0.05) is 19.6 Å². The van der Waals surface area contributed by atoms with Gasteiger partial charge in [-0.3, -0.25) is 9.69 Å². The van der Waals surface area contributed by atoms with E-state index in [4.69, 9.17) is 4.74 Å². The summed E-state index contributed by atoms with van der Waals surface area (Å²) in [6.07, 6.45) is 4.30. The SMILES string of the molecule is C/C=C/C(=O)NCCCN1CCOCC1. The Kier molecular flexibility index (Phi) is 6.04. The third kappa shape index (κ3) is 5.54. The molecule has 1 amide bonds. The number of hydrogen-bond donors (Lipinski definition) is 1. The number of nitrogens with zero attached hydrogens (tertiary/aromatic N) is 1. The number of amides is 1. The summed E-state index contributed by atoms with van der Waals surface area (Å²) in [5.74, 6) is -0.000484. The third-order valence-corrected chi connectivity index (χ3v) is 2.37. The molecule has 0 radical (unpaired) electrons. The molecule has 15 heavy (non-hydrogen) atoms. The minimum absolute atomic E-state index is 0.000484. The van der Waals surface area contributed by atoms with Crippen molar-refractivity contribution in [2.75, 3.05) is 39.4 Å². The van der Waals surface area contributed by atoms with Crippen LogP contribution in [0.5, 0.6) is 0 Å². The van der Waals surface area contributed by atoms with Gasteiger partial charge in [0.2, 0.25) is 5.91 Å². The van der Waals surface area contributed by atoms with Crippen molar-refractivity contribution in [2.24, 2.45) is 0 Å². The monoisotopic (exact) mass is 212 g/mol. The van der Waals surface area contributed by atoms with Crippen LogP contribution in [-0.4, -0.2) is 50.2 Å². The second-order valence-electron chi connectivity index (χ2n) is 3.60. The summed E-state index contributed by atoms with van der Waals surface area (Å²) in [6.45, 7) is 7.34. The molecule has 1 N–H and O–H groups in total. The lowest BCUT2D eigenvalue weighted by molar-refractivity contribution is -0.116. The van der Waals surface area contributed by atoms with Gasteiger partial charge in [-0.15, -0.1) is 0 Å². The van der Waals surface area contributed by atoms with E-state index in [1.165, 1.54) is 0 Å². The number of ether oxygens (including phenoxy) is 1. The minimum atomic E-state index is -0.000484. The number of morpholine rings is 1. The Hall–Kier alpha value is -0.870. The van der Waals surface area contributed by atoms with Crippen LogP contribution >= 0.6 is 0 Å². The first-order valence-corrected chi connectivity index (χ1v) is 5.53. The van der Waals surface area contributed by atoms with Crippen molar-refractivity contribution in [1.29, 1.82) is 0 Å². The lowest BCUT2D eigenvalue weighted by atomic mass is 10.3. The molecule has 4 nitrogen and oxygen atoms in total. The van der Waals surface area contributed by atoms with Crippen molar-refractivity contribution in [1.82, 2.24) is 10.2 Å². The fourth-order valence-electron chi connectivity index (χ4n) is 1.55. The summed E-state index contributed by atoms with van der Waals surface area (Å²) in [5.41, 5.74) is 0. The van der Waals surface area contributed by atoms with Crippen LogP contribution < -0.4 is 5.32 Å². The first kappa shape index (κ1) is 12.2. The Morgan fingerprint density at radius 3 is 2.87 bits per heavy atom. The van der Waals surface area contributed by atoms with Crippen LogP contribution in [0.15, 0.2) is 12.2 Å². The van der Waals surface area contributed by atoms with Crippen LogP contribution in [0.3, 0.4) is 0 Å². The lowest BCUT2D eigenvalue weighted by Gasteiger charge is -2.26. The van der Waals surface area contributed by atoms with Gasteiger partial charge in [0.05, 0.1) is 13.2 Å². The maximum atomic E-state index is 11.1. The zero-order chi connectivity index (χ0) is 10.9. The van der Waals surface area contributed by atoms with Gasteiger partial charge in [-0.2, -0.15) is 0 Å². The summed E-state index contributed by atoms with van der Waals surface area (Å²) in [7, 11) is 0. The summed E-state index contributed by atoms with van der Waals surface area (Å²) >= 11 is 0. The largest absolute Gasteiger partial charge is 0.379 e. The molecular formula is C11H20N2O2. The average molecular weight is 212 g/mol. The molecule has 1 rings (SSSR count). The van der Waals surface area contributed by atoms with Crippen LogP contribution in [0.2, 0.25) is 0 Å². The van der Waals surface area contributed by atoms with Crippen LogP contribution in [0, 0.1) is 0 Å². The molecule has 0 spiro atoms. The van der Waals surface area contributed by atoms with Crippen molar-refractivity contribution in [3.05, 3.63) is 12.2 Å². The predicted molar refractivity (Wildman–Crippen MR) is 59.7 cm³/mol. The van der Waals surface area contributed by atoms with Gasteiger partial charge in [0.1, 0.15) is 0 Å². The second-order valence-corrected chi connectivity index (χ2v) is 3.60. The number of carbonyl (C=O) groups excluding carboxylic acids is 1. The Morgan fingerprint density at radius 1 is 1.47 bits per heavy atom. The van der Waals surface area contributed by atoms with E-state index < -0.39 is 0 Å². The summed E-state index contributed by atoms with van der Waals surface area (Å²) < 4.78 is 5.26. The molecule has 0 unspecified atom stereocenters. The standard InChI is InChI=1S/C11H20N2O2/c1-2-4-11(14)12-5-3-6-13-7-9-15-10-8-13/h2,4H,3,5-10H2,1H3,(H,12,14)/b4-2+. The van der Waals surface area contributed by atoms with Crippen LogP contribution in [0.4, 0.5) is 0 Å². The van der Waals surface area contributed by atoms with Crippen molar-refractivity contribution >= 4 is 5.91 Å². The second kappa shape index (κ2) is 7.43. The zero-order valence-corrected chi connectivity index (χ0v) is 9.37. The molecule has 86 valence electrons. The van der Waals surface area contributed by atoms with Gasteiger partial charge in [0.15, 0.2) is 0 Å². The summed E-state index contributed by atoms with van der Waals surface area (Å²) in [6, 6.07) is 0. The zero-order valence-electron chi connectivity index (χ0n) is 9.37. The molecule has 0 aromatic rings. The quantitative estimate of drug-likeness (QED) is 0.530. The third-order valence-electron chi connectivity index (χ3n) is 2.37. The van der Waals surface area contributed by atoms with E-state index in [0.29, 0.717) is 0 Å². The maximum absolute atomic E-state index is 11.1. The average Bonchev–Trinajstić information content (AvgIpc) is 2.26. The van der Waals surface area contributed by atoms with E-state index in [9.17, 15) is 4.79 Å². The Balaban J connectivity index is 1.98. The molecule has 1 saturated heterocycles. The number of nitrogens with one attached hydrogen (secondary N) is 1. The first-order valence-electron chi connectivity index (χ1n) is 5.53. The highest BCUT2D eigenvalue weighted by atomic mass is 16.5. The van der Waals surface area contributed by atoms with Gasteiger partial charge in [-0.1, -0.05) is 6.08 Å². The molecular weight excluding hydrogens is 192 g/mol. The highest BCUT2D eigenvalue weighted by Gasteiger charge is 2.08. The van der Waals surface area contributed by atoms with Crippen molar-refractivity contribution < 1.29 is 9.53 Å². The number of allylic oxidation sites excluding steroid dienone is 1. The normalized spacial score (nSPS) is 18.2. The van der Waals surface area contributed by atoms with E-state index in [1.54, 1.807) is 12.2 Å².